The van der Waals surface area contributed by atoms with Crippen LogP contribution in [-0.2, 0) is 39.7 Å². The fourth-order valence-electron chi connectivity index (χ4n) is 4.70. The standard InChI is InChI=1S/C34H33P3.3C2H3N.2CHF3O3S.Ru/c1-6-16-30(17-7-1)35(26-28-36(31-18-8-2-9-19-31)32-20-10-3-11-21-32)27-29-37(33-22-12-4-13-23-33)34-24-14-5-15-25-34;3*1-2-3;2*2-1(3,4)8(5,6)7;/h1-25H,26-29H2;3*1H3;2*(H,5,6,7);/q;;;;;;+2/p-2. The van der Waals surface area contributed by atoms with E-state index < -0.39 is 31.3 Å². The van der Waals surface area contributed by atoms with Crippen LogP contribution in [0.25, 0.3) is 0 Å². The fourth-order valence-corrected chi connectivity index (χ4v) is 13.3. The minimum absolute atomic E-state index is 0. The molecule has 63 heavy (non-hydrogen) atoms. The molecule has 0 heterocycles. The van der Waals surface area contributed by atoms with Crippen molar-refractivity contribution in [1.82, 2.24) is 0 Å². The molecule has 0 radical (unpaired) electrons. The molecule has 0 aliphatic heterocycles. The molecular weight excluding hydrogens is 1010 g/mol. The number of benzene rings is 5. The van der Waals surface area contributed by atoms with Crippen LogP contribution in [0.2, 0.25) is 0 Å². The summed E-state index contributed by atoms with van der Waals surface area (Å²) < 4.78 is 118. The maximum atomic E-state index is 10.7. The molecular formula is C42H42F6N3O6P3RuS2. The van der Waals surface area contributed by atoms with Crippen molar-refractivity contribution in [3.63, 3.8) is 0 Å². The van der Waals surface area contributed by atoms with Crippen LogP contribution in [0.3, 0.4) is 0 Å². The molecule has 338 valence electrons. The summed E-state index contributed by atoms with van der Waals surface area (Å²) in [7, 11) is -13.2. The van der Waals surface area contributed by atoms with E-state index in [0.717, 1.165) is 0 Å². The summed E-state index contributed by atoms with van der Waals surface area (Å²) in [6.45, 7) is 4.29. The Bertz CT molecular complexity index is 2090. The summed E-state index contributed by atoms with van der Waals surface area (Å²) >= 11 is 0. The van der Waals surface area contributed by atoms with Gasteiger partial charge in [-0.1, -0.05) is 160 Å². The average molecular weight is 1060 g/mol. The van der Waals surface area contributed by atoms with Gasteiger partial charge in [0.25, 0.3) is 0 Å². The first kappa shape index (κ1) is 61.0. The van der Waals surface area contributed by atoms with Gasteiger partial charge < -0.3 is 9.11 Å². The Morgan fingerprint density at radius 3 is 0.746 bits per heavy atom. The third-order valence-corrected chi connectivity index (χ3v) is 16.6. The number of alkyl halides is 6. The number of rotatable bonds is 11. The van der Waals surface area contributed by atoms with E-state index in [1.165, 1.54) is 66.6 Å². The summed E-state index contributed by atoms with van der Waals surface area (Å²) in [4.78, 5) is 0. The number of hydrogen-bond acceptors (Lipinski definition) is 9. The molecule has 5 aromatic carbocycles. The quantitative estimate of drug-likeness (QED) is 0.0410. The maximum Gasteiger partial charge on any atom is 2.00 e. The largest absolute Gasteiger partial charge is 2.00 e. The van der Waals surface area contributed by atoms with Crippen LogP contribution in [0.5, 0.6) is 0 Å². The van der Waals surface area contributed by atoms with Gasteiger partial charge in [-0.2, -0.15) is 42.1 Å². The zero-order chi connectivity index (χ0) is 47.2. The maximum absolute atomic E-state index is 10.7. The predicted molar refractivity (Wildman–Crippen MR) is 236 cm³/mol. The van der Waals surface area contributed by atoms with E-state index in [-0.39, 0.29) is 43.2 Å². The first-order valence-electron chi connectivity index (χ1n) is 17.6. The van der Waals surface area contributed by atoms with Crippen LogP contribution in [0, 0.1) is 34.0 Å². The molecule has 0 bridgehead atoms. The second-order valence-electron chi connectivity index (χ2n) is 11.4. The number of halogens is 6. The second-order valence-corrected chi connectivity index (χ2v) is 21.3. The van der Waals surface area contributed by atoms with Crippen LogP contribution < -0.4 is 26.5 Å². The third-order valence-electron chi connectivity index (χ3n) is 7.15. The molecule has 21 heteroatoms. The van der Waals surface area contributed by atoms with Gasteiger partial charge >= 0.3 is 30.5 Å². The first-order valence-corrected chi connectivity index (χ1v) is 25.2. The summed E-state index contributed by atoms with van der Waals surface area (Å²) in [6, 6.07) is 61.3. The molecule has 0 saturated heterocycles. The second kappa shape index (κ2) is 32.5. The Morgan fingerprint density at radius 2 is 0.587 bits per heavy atom. The molecule has 5 aromatic rings. The minimum atomic E-state index is -6.09. The predicted octanol–water partition coefficient (Wildman–Crippen LogP) is 8.75. The van der Waals surface area contributed by atoms with E-state index in [0.29, 0.717) is 0 Å². The van der Waals surface area contributed by atoms with Gasteiger partial charge in [-0.15, -0.1) is 0 Å². The summed E-state index contributed by atoms with van der Waals surface area (Å²) in [5.41, 5.74) is -11.3. The normalized spacial score (nSPS) is 10.6. The summed E-state index contributed by atoms with van der Waals surface area (Å²) in [5.74, 6) is 0. The van der Waals surface area contributed by atoms with Crippen molar-refractivity contribution in [2.75, 3.05) is 24.6 Å². The minimum Gasteiger partial charge on any atom is -0.741 e. The SMILES string of the molecule is CC#N.CC#N.CC#N.O=S(=O)([O-])C(F)(F)F.O=S(=O)([O-])C(F)(F)F.[Ru+2].c1ccc(P(CCP(c2ccccc2)c2ccccc2)CCP(c2ccccc2)c2ccccc2)cc1. The van der Waals surface area contributed by atoms with Gasteiger partial charge in [0.15, 0.2) is 20.2 Å². The number of nitriles is 3. The molecule has 9 nitrogen and oxygen atoms in total. The fraction of sp³-hybridized carbons (Fsp3) is 0.214. The zero-order valence-electron chi connectivity index (χ0n) is 33.8. The van der Waals surface area contributed by atoms with E-state index in [1.807, 2.05) is 0 Å². The van der Waals surface area contributed by atoms with Crippen molar-refractivity contribution >= 4 is 70.5 Å². The number of hydrogen-bond donors (Lipinski definition) is 0. The Hall–Kier alpha value is -4.12. The van der Waals surface area contributed by atoms with Crippen molar-refractivity contribution in [2.45, 2.75) is 31.8 Å². The van der Waals surface area contributed by atoms with Gasteiger partial charge in [0.05, 0.1) is 18.2 Å². The van der Waals surface area contributed by atoms with E-state index in [1.54, 1.807) is 23.5 Å². The van der Waals surface area contributed by atoms with Crippen LogP contribution in [0.4, 0.5) is 26.3 Å². The van der Waals surface area contributed by atoms with Crippen molar-refractivity contribution in [3.05, 3.63) is 152 Å². The van der Waals surface area contributed by atoms with Crippen molar-refractivity contribution < 1.29 is 71.8 Å². The monoisotopic (exact) mass is 1060 g/mol. The number of nitrogens with zero attached hydrogens (tertiary/aromatic N) is 3. The van der Waals surface area contributed by atoms with Crippen LogP contribution in [0.15, 0.2) is 152 Å². The summed E-state index contributed by atoms with van der Waals surface area (Å²) in [6.07, 6.45) is 5.00. The van der Waals surface area contributed by atoms with E-state index in [4.69, 9.17) is 41.7 Å². The van der Waals surface area contributed by atoms with Crippen LogP contribution in [0.1, 0.15) is 20.8 Å². The topological polar surface area (TPSA) is 186 Å². The molecule has 0 N–H and O–H groups in total. The smallest absolute Gasteiger partial charge is 0.741 e. The van der Waals surface area contributed by atoms with E-state index in [9.17, 15) is 26.3 Å². The van der Waals surface area contributed by atoms with E-state index in [2.05, 4.69) is 152 Å². The van der Waals surface area contributed by atoms with Crippen LogP contribution >= 0.6 is 23.8 Å². The van der Waals surface area contributed by atoms with Crippen molar-refractivity contribution in [2.24, 2.45) is 0 Å². The molecule has 0 aliphatic carbocycles. The summed E-state index contributed by atoms with van der Waals surface area (Å²) in [5, 5.41) is 29.5. The van der Waals surface area contributed by atoms with E-state index >= 15 is 0 Å². The van der Waals surface area contributed by atoms with Crippen LogP contribution in [-0.4, -0.2) is 61.6 Å². The first-order chi connectivity index (χ1) is 29.1. The molecule has 5 rings (SSSR count). The third kappa shape index (κ3) is 25.7. The molecule has 0 atom stereocenters. The molecule has 0 spiro atoms. The van der Waals surface area contributed by atoms with Gasteiger partial charge in [0.2, 0.25) is 0 Å². The Kier molecular flexibility index (Phi) is 31.5. The molecule has 0 fully saturated rings. The van der Waals surface area contributed by atoms with Gasteiger partial charge in [0.1, 0.15) is 0 Å². The molecule has 0 aliphatic rings. The van der Waals surface area contributed by atoms with Crippen molar-refractivity contribution in [3.8, 4) is 18.2 Å². The van der Waals surface area contributed by atoms with Gasteiger partial charge in [-0.05, 0) is 67.0 Å². The Labute approximate surface area is 382 Å². The van der Waals surface area contributed by atoms with Gasteiger partial charge in [-0.3, -0.25) is 0 Å². The average Bonchev–Trinajstić information content (AvgIpc) is 3.22. The molecule has 0 saturated carbocycles. The van der Waals surface area contributed by atoms with Gasteiger partial charge in [-0.25, -0.2) is 16.8 Å². The van der Waals surface area contributed by atoms with Crippen molar-refractivity contribution in [1.29, 1.82) is 15.8 Å². The molecule has 0 amide bonds. The molecule has 0 unspecified atom stereocenters. The Morgan fingerprint density at radius 1 is 0.429 bits per heavy atom. The van der Waals surface area contributed by atoms with Gasteiger partial charge in [0, 0.05) is 20.8 Å². The Balaban J connectivity index is 0. The zero-order valence-corrected chi connectivity index (χ0v) is 39.9. The molecule has 0 aromatic heterocycles.